The first-order valence-electron chi connectivity index (χ1n) is 8.41. The maximum Gasteiger partial charge on any atom is 0.174 e. The standard InChI is InChI=1S/C20H20N4S/c1-15-4-6-17(7-5-15)22-20(25)24-14-13-23-12-2-3-18(23)19(24)16-8-10-21-11-9-16/h2-12,19H,13-14H2,1H3,(H,22,25)/t19-/m1/s1. The van der Waals surface area contributed by atoms with Crippen LogP contribution < -0.4 is 5.32 Å². The molecule has 4 nitrogen and oxygen atoms in total. The van der Waals surface area contributed by atoms with E-state index in [1.54, 1.807) is 0 Å². The van der Waals surface area contributed by atoms with E-state index in [0.29, 0.717) is 0 Å². The monoisotopic (exact) mass is 348 g/mol. The molecule has 1 aliphatic rings. The Morgan fingerprint density at radius 1 is 1.08 bits per heavy atom. The number of anilines is 1. The first kappa shape index (κ1) is 15.8. The van der Waals surface area contributed by atoms with Gasteiger partial charge in [0.25, 0.3) is 0 Å². The molecular weight excluding hydrogens is 328 g/mol. The predicted octanol–water partition coefficient (Wildman–Crippen LogP) is 3.99. The molecule has 3 aromatic rings. The average molecular weight is 348 g/mol. The zero-order valence-corrected chi connectivity index (χ0v) is 14.9. The van der Waals surface area contributed by atoms with Crippen molar-refractivity contribution in [3.05, 3.63) is 83.9 Å². The molecule has 1 atom stereocenters. The molecule has 5 heteroatoms. The number of aryl methyl sites for hydroxylation is 1. The van der Waals surface area contributed by atoms with Gasteiger partial charge in [-0.2, -0.15) is 0 Å². The third-order valence-electron chi connectivity index (χ3n) is 4.62. The highest BCUT2D eigenvalue weighted by atomic mass is 32.1. The fourth-order valence-electron chi connectivity index (χ4n) is 3.33. The van der Waals surface area contributed by atoms with Crippen molar-refractivity contribution in [3.8, 4) is 0 Å². The molecule has 0 bridgehead atoms. The third kappa shape index (κ3) is 3.15. The number of fused-ring (bicyclic) bond motifs is 1. The van der Waals surface area contributed by atoms with Crippen molar-refractivity contribution >= 4 is 23.0 Å². The van der Waals surface area contributed by atoms with E-state index in [1.807, 2.05) is 12.4 Å². The molecule has 0 amide bonds. The minimum Gasteiger partial charge on any atom is -0.348 e. The van der Waals surface area contributed by atoms with Gasteiger partial charge in [0.15, 0.2) is 5.11 Å². The van der Waals surface area contributed by atoms with E-state index < -0.39 is 0 Å². The molecule has 0 spiro atoms. The van der Waals surface area contributed by atoms with Gasteiger partial charge in [0, 0.05) is 43.1 Å². The van der Waals surface area contributed by atoms with E-state index >= 15 is 0 Å². The van der Waals surface area contributed by atoms with Crippen molar-refractivity contribution < 1.29 is 0 Å². The number of nitrogens with one attached hydrogen (secondary N) is 1. The first-order chi connectivity index (χ1) is 12.2. The summed E-state index contributed by atoms with van der Waals surface area (Å²) in [5, 5.41) is 4.14. The van der Waals surface area contributed by atoms with Crippen molar-refractivity contribution in [1.29, 1.82) is 0 Å². The van der Waals surface area contributed by atoms with Gasteiger partial charge in [0.2, 0.25) is 0 Å². The van der Waals surface area contributed by atoms with E-state index in [1.165, 1.54) is 16.8 Å². The van der Waals surface area contributed by atoms with E-state index in [4.69, 9.17) is 12.2 Å². The van der Waals surface area contributed by atoms with Crippen LogP contribution in [0.15, 0.2) is 67.1 Å². The van der Waals surface area contributed by atoms with Gasteiger partial charge < -0.3 is 14.8 Å². The number of hydrogen-bond acceptors (Lipinski definition) is 2. The molecule has 2 aromatic heterocycles. The molecule has 0 radical (unpaired) electrons. The molecule has 3 heterocycles. The molecule has 1 N–H and O–H groups in total. The number of pyridine rings is 1. The highest BCUT2D eigenvalue weighted by molar-refractivity contribution is 7.80. The molecule has 0 saturated heterocycles. The Labute approximate surface area is 153 Å². The van der Waals surface area contributed by atoms with Crippen molar-refractivity contribution in [3.63, 3.8) is 0 Å². The zero-order valence-electron chi connectivity index (χ0n) is 14.1. The van der Waals surface area contributed by atoms with Gasteiger partial charge in [-0.15, -0.1) is 0 Å². The van der Waals surface area contributed by atoms with E-state index in [9.17, 15) is 0 Å². The predicted molar refractivity (Wildman–Crippen MR) is 105 cm³/mol. The van der Waals surface area contributed by atoms with Crippen LogP contribution in [0.5, 0.6) is 0 Å². The minimum absolute atomic E-state index is 0.0946. The number of nitrogens with zero attached hydrogens (tertiary/aromatic N) is 3. The quantitative estimate of drug-likeness (QED) is 0.710. The highest BCUT2D eigenvalue weighted by Gasteiger charge is 2.30. The van der Waals surface area contributed by atoms with Crippen LogP contribution in [0.4, 0.5) is 5.69 Å². The molecule has 1 aromatic carbocycles. The van der Waals surface area contributed by atoms with Crippen molar-refractivity contribution in [2.24, 2.45) is 0 Å². The van der Waals surface area contributed by atoms with Crippen LogP contribution in [0.25, 0.3) is 0 Å². The Kier molecular flexibility index (Phi) is 4.24. The number of rotatable bonds is 2. The molecular formula is C20H20N4S. The lowest BCUT2D eigenvalue weighted by molar-refractivity contribution is 0.293. The summed E-state index contributed by atoms with van der Waals surface area (Å²) in [6.45, 7) is 3.88. The lowest BCUT2D eigenvalue weighted by Gasteiger charge is -2.39. The maximum atomic E-state index is 5.76. The van der Waals surface area contributed by atoms with Crippen LogP contribution in [-0.4, -0.2) is 26.1 Å². The second kappa shape index (κ2) is 6.69. The molecule has 0 saturated carbocycles. The lowest BCUT2D eigenvalue weighted by Crippen LogP contribution is -2.44. The highest BCUT2D eigenvalue weighted by Crippen LogP contribution is 2.32. The largest absolute Gasteiger partial charge is 0.348 e. The summed E-state index contributed by atoms with van der Waals surface area (Å²) in [6.07, 6.45) is 5.81. The Balaban J connectivity index is 1.65. The SMILES string of the molecule is Cc1ccc(NC(=S)N2CCn3cccc3[C@H]2c2ccncc2)cc1. The number of thiocarbonyl (C=S) groups is 1. The maximum absolute atomic E-state index is 5.76. The second-order valence-electron chi connectivity index (χ2n) is 6.30. The summed E-state index contributed by atoms with van der Waals surface area (Å²) < 4.78 is 2.30. The Bertz CT molecular complexity index is 870. The molecule has 126 valence electrons. The molecule has 0 unspecified atom stereocenters. The summed E-state index contributed by atoms with van der Waals surface area (Å²) in [4.78, 5) is 6.42. The number of hydrogen-bond donors (Lipinski definition) is 1. The van der Waals surface area contributed by atoms with Crippen molar-refractivity contribution in [2.75, 3.05) is 11.9 Å². The molecule has 0 aliphatic carbocycles. The fraction of sp³-hybridized carbons (Fsp3) is 0.200. The molecule has 4 rings (SSSR count). The second-order valence-corrected chi connectivity index (χ2v) is 6.69. The summed E-state index contributed by atoms with van der Waals surface area (Å²) in [6, 6.07) is 16.8. The Hall–Kier alpha value is -2.66. The number of aromatic nitrogens is 2. The fourth-order valence-corrected chi connectivity index (χ4v) is 3.65. The van der Waals surface area contributed by atoms with Gasteiger partial charge in [0.1, 0.15) is 0 Å². The summed E-state index contributed by atoms with van der Waals surface area (Å²) in [5.41, 5.74) is 4.71. The normalized spacial score (nSPS) is 16.4. The van der Waals surface area contributed by atoms with E-state index in [-0.39, 0.29) is 6.04 Å². The van der Waals surface area contributed by atoms with Crippen molar-refractivity contribution in [2.45, 2.75) is 19.5 Å². The van der Waals surface area contributed by atoms with E-state index in [2.05, 4.69) is 81.4 Å². The Morgan fingerprint density at radius 3 is 2.60 bits per heavy atom. The van der Waals surface area contributed by atoms with Gasteiger partial charge in [-0.05, 0) is 61.1 Å². The minimum atomic E-state index is 0.0946. The lowest BCUT2D eigenvalue weighted by atomic mass is 10.0. The van der Waals surface area contributed by atoms with E-state index in [0.717, 1.165) is 23.9 Å². The van der Waals surface area contributed by atoms with Crippen LogP contribution in [0.3, 0.4) is 0 Å². The van der Waals surface area contributed by atoms with Gasteiger partial charge in [-0.25, -0.2) is 0 Å². The molecule has 25 heavy (non-hydrogen) atoms. The number of benzene rings is 1. The third-order valence-corrected chi connectivity index (χ3v) is 4.96. The van der Waals surface area contributed by atoms with Crippen LogP contribution in [0.2, 0.25) is 0 Å². The average Bonchev–Trinajstić information content (AvgIpc) is 3.12. The van der Waals surface area contributed by atoms with Gasteiger partial charge in [-0.3, -0.25) is 4.98 Å². The van der Waals surface area contributed by atoms with Crippen LogP contribution in [0.1, 0.15) is 22.9 Å². The van der Waals surface area contributed by atoms with Gasteiger partial charge >= 0.3 is 0 Å². The molecule has 0 fully saturated rings. The van der Waals surface area contributed by atoms with Crippen molar-refractivity contribution in [1.82, 2.24) is 14.5 Å². The summed E-state index contributed by atoms with van der Waals surface area (Å²) in [7, 11) is 0. The molecule has 1 aliphatic heterocycles. The van der Waals surface area contributed by atoms with Crippen LogP contribution in [-0.2, 0) is 6.54 Å². The Morgan fingerprint density at radius 2 is 1.84 bits per heavy atom. The summed E-state index contributed by atoms with van der Waals surface area (Å²) in [5.74, 6) is 0. The smallest absolute Gasteiger partial charge is 0.174 e. The topological polar surface area (TPSA) is 33.1 Å². The zero-order chi connectivity index (χ0) is 17.2. The first-order valence-corrected chi connectivity index (χ1v) is 8.82. The summed E-state index contributed by atoms with van der Waals surface area (Å²) >= 11 is 5.76. The van der Waals surface area contributed by atoms with Gasteiger partial charge in [-0.1, -0.05) is 17.7 Å². The van der Waals surface area contributed by atoms with Crippen LogP contribution >= 0.6 is 12.2 Å². The van der Waals surface area contributed by atoms with Gasteiger partial charge in [0.05, 0.1) is 6.04 Å². The van der Waals surface area contributed by atoms with Crippen LogP contribution in [0, 0.1) is 6.92 Å².